The van der Waals surface area contributed by atoms with Crippen molar-refractivity contribution in [3.8, 4) is 0 Å². The molecule has 0 aromatic carbocycles. The van der Waals surface area contributed by atoms with Crippen LogP contribution >= 0.6 is 0 Å². The Kier molecular flexibility index (Phi) is 1.46. The summed E-state index contributed by atoms with van der Waals surface area (Å²) in [6.45, 7) is 0. The highest BCUT2D eigenvalue weighted by atomic mass is 16.1. The highest BCUT2D eigenvalue weighted by Crippen LogP contribution is 2.64. The van der Waals surface area contributed by atoms with E-state index in [-0.39, 0.29) is 10.8 Å². The molecule has 3 fully saturated rings. The fourth-order valence-electron chi connectivity index (χ4n) is 4.18. The summed E-state index contributed by atoms with van der Waals surface area (Å²) in [6, 6.07) is 0. The van der Waals surface area contributed by atoms with E-state index in [0.29, 0.717) is 5.78 Å². The molecule has 0 aliphatic heterocycles. The van der Waals surface area contributed by atoms with Crippen molar-refractivity contribution in [3.05, 3.63) is 0 Å². The van der Waals surface area contributed by atoms with Gasteiger partial charge in [-0.1, -0.05) is 25.7 Å². The summed E-state index contributed by atoms with van der Waals surface area (Å²) in [5, 5.41) is 0. The maximum atomic E-state index is 12.2. The molecule has 0 N–H and O–H groups in total. The van der Waals surface area contributed by atoms with Crippen molar-refractivity contribution in [3.63, 3.8) is 0 Å². The maximum absolute atomic E-state index is 12.2. The molecule has 3 aliphatic carbocycles. The van der Waals surface area contributed by atoms with Crippen molar-refractivity contribution in [2.24, 2.45) is 10.8 Å². The highest BCUT2D eigenvalue weighted by molar-refractivity contribution is 5.97. The quantitative estimate of drug-likeness (QED) is 0.557. The molecule has 0 unspecified atom stereocenters. The molecule has 13 heavy (non-hydrogen) atoms. The van der Waals surface area contributed by atoms with Crippen molar-refractivity contribution in [2.45, 2.75) is 57.8 Å². The second-order valence-electron chi connectivity index (χ2n) is 5.48. The Morgan fingerprint density at radius 1 is 0.769 bits per heavy atom. The van der Waals surface area contributed by atoms with Gasteiger partial charge in [0.2, 0.25) is 0 Å². The number of carbonyl (C=O) groups is 1. The second kappa shape index (κ2) is 2.37. The predicted octanol–water partition coefficient (Wildman–Crippen LogP) is 3.08. The fourth-order valence-corrected chi connectivity index (χ4v) is 4.18. The summed E-state index contributed by atoms with van der Waals surface area (Å²) in [5.41, 5.74) is 0.425. The van der Waals surface area contributed by atoms with E-state index in [1.54, 1.807) is 0 Å². The fraction of sp³-hybridized carbons (Fsp3) is 0.917. The predicted molar refractivity (Wildman–Crippen MR) is 51.4 cm³/mol. The topological polar surface area (TPSA) is 17.1 Å². The highest BCUT2D eigenvalue weighted by Gasteiger charge is 2.63. The van der Waals surface area contributed by atoms with Gasteiger partial charge < -0.3 is 0 Å². The van der Waals surface area contributed by atoms with Gasteiger partial charge in [-0.3, -0.25) is 4.79 Å². The van der Waals surface area contributed by atoms with E-state index < -0.39 is 0 Å². The first-order chi connectivity index (χ1) is 6.28. The van der Waals surface area contributed by atoms with Crippen LogP contribution in [0.4, 0.5) is 0 Å². The SMILES string of the molecule is O=C1C2(CCCC2)CC12CCCC2. The molecule has 2 spiro atoms. The minimum atomic E-state index is 0.213. The average Bonchev–Trinajstić information content (AvgIpc) is 2.76. The van der Waals surface area contributed by atoms with Crippen molar-refractivity contribution in [1.82, 2.24) is 0 Å². The molecule has 72 valence electrons. The summed E-state index contributed by atoms with van der Waals surface area (Å²) in [6.07, 6.45) is 11.4. The molecule has 1 nitrogen and oxygen atoms in total. The Labute approximate surface area is 79.9 Å². The first-order valence-electron chi connectivity index (χ1n) is 5.83. The lowest BCUT2D eigenvalue weighted by Crippen LogP contribution is -2.54. The van der Waals surface area contributed by atoms with Crippen LogP contribution in [-0.4, -0.2) is 5.78 Å². The lowest BCUT2D eigenvalue weighted by molar-refractivity contribution is -0.158. The Bertz CT molecular complexity index is 218. The van der Waals surface area contributed by atoms with Gasteiger partial charge in [-0.15, -0.1) is 0 Å². The van der Waals surface area contributed by atoms with Gasteiger partial charge in [0.05, 0.1) is 0 Å². The molecule has 0 bridgehead atoms. The molecule has 0 atom stereocenters. The van der Waals surface area contributed by atoms with Crippen LogP contribution in [0, 0.1) is 10.8 Å². The summed E-state index contributed by atoms with van der Waals surface area (Å²) in [5.74, 6) is 0.676. The van der Waals surface area contributed by atoms with E-state index >= 15 is 0 Å². The third-order valence-corrected chi connectivity index (χ3v) is 4.76. The van der Waals surface area contributed by atoms with Crippen LogP contribution in [0.1, 0.15) is 57.8 Å². The second-order valence-corrected chi connectivity index (χ2v) is 5.48. The Hall–Kier alpha value is -0.330. The molecular weight excluding hydrogens is 160 g/mol. The van der Waals surface area contributed by atoms with Crippen LogP contribution in [0.3, 0.4) is 0 Å². The molecule has 3 aliphatic rings. The maximum Gasteiger partial charge on any atom is 0.145 e. The number of hydrogen-bond donors (Lipinski definition) is 0. The van der Waals surface area contributed by atoms with E-state index in [9.17, 15) is 4.79 Å². The van der Waals surface area contributed by atoms with E-state index in [0.717, 1.165) is 0 Å². The standard InChI is InChI=1S/C12H18O/c13-10-11(5-1-2-6-11)9-12(10)7-3-4-8-12/h1-9H2. The van der Waals surface area contributed by atoms with Gasteiger partial charge in [0.25, 0.3) is 0 Å². The molecular formula is C12H18O. The van der Waals surface area contributed by atoms with Gasteiger partial charge in [-0.05, 0) is 32.1 Å². The largest absolute Gasteiger partial charge is 0.298 e. The van der Waals surface area contributed by atoms with Crippen LogP contribution in [0.15, 0.2) is 0 Å². The zero-order valence-electron chi connectivity index (χ0n) is 8.27. The Balaban J connectivity index is 1.82. The van der Waals surface area contributed by atoms with Gasteiger partial charge in [0, 0.05) is 10.8 Å². The molecule has 3 saturated carbocycles. The monoisotopic (exact) mass is 178 g/mol. The molecule has 0 saturated heterocycles. The molecule has 0 amide bonds. The third-order valence-electron chi connectivity index (χ3n) is 4.76. The van der Waals surface area contributed by atoms with Crippen LogP contribution in [-0.2, 0) is 4.79 Å². The van der Waals surface area contributed by atoms with Crippen molar-refractivity contribution in [2.75, 3.05) is 0 Å². The number of ketones is 1. The smallest absolute Gasteiger partial charge is 0.145 e. The zero-order valence-corrected chi connectivity index (χ0v) is 8.27. The van der Waals surface area contributed by atoms with E-state index in [4.69, 9.17) is 0 Å². The van der Waals surface area contributed by atoms with Crippen LogP contribution in [0.5, 0.6) is 0 Å². The number of rotatable bonds is 0. The molecule has 0 heterocycles. The third kappa shape index (κ3) is 0.858. The summed E-state index contributed by atoms with van der Waals surface area (Å²) in [7, 11) is 0. The minimum Gasteiger partial charge on any atom is -0.298 e. The van der Waals surface area contributed by atoms with Crippen LogP contribution in [0.25, 0.3) is 0 Å². The van der Waals surface area contributed by atoms with E-state index in [1.165, 1.54) is 57.8 Å². The van der Waals surface area contributed by atoms with Gasteiger partial charge in [0.1, 0.15) is 5.78 Å². The number of hydrogen-bond acceptors (Lipinski definition) is 1. The molecule has 0 aromatic rings. The first-order valence-corrected chi connectivity index (χ1v) is 5.83. The summed E-state index contributed by atoms with van der Waals surface area (Å²) < 4.78 is 0. The summed E-state index contributed by atoms with van der Waals surface area (Å²) >= 11 is 0. The average molecular weight is 178 g/mol. The van der Waals surface area contributed by atoms with Crippen LogP contribution in [0.2, 0.25) is 0 Å². The van der Waals surface area contributed by atoms with Gasteiger partial charge >= 0.3 is 0 Å². The van der Waals surface area contributed by atoms with E-state index in [2.05, 4.69) is 0 Å². The Morgan fingerprint density at radius 2 is 1.15 bits per heavy atom. The van der Waals surface area contributed by atoms with Crippen molar-refractivity contribution < 1.29 is 4.79 Å². The lowest BCUT2D eigenvalue weighted by Gasteiger charge is -2.51. The first kappa shape index (κ1) is 8.02. The lowest BCUT2D eigenvalue weighted by atomic mass is 9.50. The van der Waals surface area contributed by atoms with Crippen molar-refractivity contribution in [1.29, 1.82) is 0 Å². The van der Waals surface area contributed by atoms with Gasteiger partial charge in [-0.25, -0.2) is 0 Å². The molecule has 0 radical (unpaired) electrons. The summed E-state index contributed by atoms with van der Waals surface area (Å²) in [4.78, 5) is 12.2. The molecule has 3 rings (SSSR count). The van der Waals surface area contributed by atoms with Gasteiger partial charge in [-0.2, -0.15) is 0 Å². The number of Topliss-reactive ketones (excluding diaryl/α,β-unsaturated/α-hetero) is 1. The van der Waals surface area contributed by atoms with E-state index in [1.807, 2.05) is 0 Å². The minimum absolute atomic E-state index is 0.213. The van der Waals surface area contributed by atoms with Gasteiger partial charge in [0.15, 0.2) is 0 Å². The number of carbonyl (C=O) groups excluding carboxylic acids is 1. The Morgan fingerprint density at radius 3 is 1.46 bits per heavy atom. The molecule has 1 heteroatoms. The normalized spacial score (nSPS) is 34.3. The van der Waals surface area contributed by atoms with Crippen LogP contribution < -0.4 is 0 Å². The zero-order chi connectivity index (χ0) is 8.94. The van der Waals surface area contributed by atoms with Crippen molar-refractivity contribution >= 4 is 5.78 Å². The molecule has 0 aromatic heterocycles.